The third kappa shape index (κ3) is 4.64. The summed E-state index contributed by atoms with van der Waals surface area (Å²) in [5.74, 6) is 0.479. The number of rotatable bonds is 7. The molecule has 1 aliphatic rings. The third-order valence-corrected chi connectivity index (χ3v) is 7.35. The molecule has 0 aliphatic carbocycles. The molecule has 0 atom stereocenters. The lowest BCUT2D eigenvalue weighted by Gasteiger charge is -2.15. The maximum atomic E-state index is 13.9. The summed E-state index contributed by atoms with van der Waals surface area (Å²) in [5.41, 5.74) is 7.55. The Balaban J connectivity index is 1.20. The first-order valence-corrected chi connectivity index (χ1v) is 13.2. The molecule has 0 amide bonds. The van der Waals surface area contributed by atoms with E-state index in [1.54, 1.807) is 24.5 Å². The van der Waals surface area contributed by atoms with E-state index in [0.29, 0.717) is 6.61 Å². The highest BCUT2D eigenvalue weighted by Crippen LogP contribution is 2.34. The summed E-state index contributed by atoms with van der Waals surface area (Å²) < 4.78 is 19.9. The number of pyridine rings is 2. The van der Waals surface area contributed by atoms with E-state index < -0.39 is 0 Å². The number of H-pyrrole nitrogens is 2. The molecule has 2 N–H and O–H groups in total. The summed E-state index contributed by atoms with van der Waals surface area (Å²) in [6.45, 7) is 3.88. The number of halogens is 1. The summed E-state index contributed by atoms with van der Waals surface area (Å²) in [7, 11) is 0. The Kier molecular flexibility index (Phi) is 6.01. The van der Waals surface area contributed by atoms with Gasteiger partial charge in [0, 0.05) is 29.2 Å². The molecule has 0 unspecified atom stereocenters. The lowest BCUT2D eigenvalue weighted by atomic mass is 10.0. The molecule has 0 saturated carbocycles. The van der Waals surface area contributed by atoms with Gasteiger partial charge in [-0.2, -0.15) is 5.10 Å². The van der Waals surface area contributed by atoms with Crippen molar-refractivity contribution in [3.8, 4) is 39.5 Å². The molecule has 8 heteroatoms. The van der Waals surface area contributed by atoms with Gasteiger partial charge in [-0.1, -0.05) is 24.3 Å². The Labute approximate surface area is 224 Å². The average molecular weight is 519 g/mol. The van der Waals surface area contributed by atoms with Gasteiger partial charge in [-0.15, -0.1) is 0 Å². The molecular weight excluding hydrogens is 491 g/mol. The van der Waals surface area contributed by atoms with Crippen LogP contribution in [0.4, 0.5) is 4.39 Å². The number of nitrogens with one attached hydrogen (secondary N) is 2. The maximum Gasteiger partial charge on any atom is 0.138 e. The minimum atomic E-state index is -0.258. The van der Waals surface area contributed by atoms with Crippen LogP contribution in [-0.4, -0.2) is 56.3 Å². The summed E-state index contributed by atoms with van der Waals surface area (Å²) in [5, 5.41) is 8.68. The van der Waals surface area contributed by atoms with Gasteiger partial charge in [0.2, 0.25) is 0 Å². The molecule has 39 heavy (non-hydrogen) atoms. The van der Waals surface area contributed by atoms with Crippen molar-refractivity contribution < 1.29 is 9.13 Å². The molecule has 1 aliphatic heterocycles. The van der Waals surface area contributed by atoms with Gasteiger partial charge in [-0.25, -0.2) is 9.37 Å². The fourth-order valence-corrected chi connectivity index (χ4v) is 5.37. The van der Waals surface area contributed by atoms with Gasteiger partial charge < -0.3 is 9.72 Å². The van der Waals surface area contributed by atoms with Crippen molar-refractivity contribution in [3.63, 3.8) is 0 Å². The third-order valence-electron chi connectivity index (χ3n) is 7.35. The largest absolute Gasteiger partial charge is 0.491 e. The first-order chi connectivity index (χ1) is 19.2. The van der Waals surface area contributed by atoms with Gasteiger partial charge in [0.25, 0.3) is 0 Å². The van der Waals surface area contributed by atoms with Crippen LogP contribution in [0.25, 0.3) is 55.7 Å². The molecule has 7 nitrogen and oxygen atoms in total. The second kappa shape index (κ2) is 9.96. The molecule has 194 valence electrons. The predicted molar refractivity (Wildman–Crippen MR) is 151 cm³/mol. The van der Waals surface area contributed by atoms with E-state index in [1.165, 1.54) is 18.9 Å². The van der Waals surface area contributed by atoms with E-state index in [2.05, 4.69) is 31.1 Å². The van der Waals surface area contributed by atoms with Crippen LogP contribution in [0.1, 0.15) is 12.8 Å². The number of aromatic nitrogens is 5. The van der Waals surface area contributed by atoms with Crippen molar-refractivity contribution in [1.29, 1.82) is 0 Å². The summed E-state index contributed by atoms with van der Waals surface area (Å²) in [4.78, 5) is 15.3. The zero-order chi connectivity index (χ0) is 26.2. The van der Waals surface area contributed by atoms with Crippen LogP contribution < -0.4 is 4.74 Å². The van der Waals surface area contributed by atoms with Crippen molar-refractivity contribution in [1.82, 2.24) is 30.0 Å². The number of nitrogens with zero attached hydrogens (tertiary/aromatic N) is 4. The Hall–Kier alpha value is -4.56. The van der Waals surface area contributed by atoms with E-state index in [1.807, 2.05) is 42.5 Å². The van der Waals surface area contributed by atoms with E-state index in [0.717, 1.165) is 81.1 Å². The van der Waals surface area contributed by atoms with Gasteiger partial charge in [0.15, 0.2) is 0 Å². The van der Waals surface area contributed by atoms with Crippen LogP contribution >= 0.6 is 0 Å². The van der Waals surface area contributed by atoms with Crippen molar-refractivity contribution in [3.05, 3.63) is 84.9 Å². The van der Waals surface area contributed by atoms with E-state index in [9.17, 15) is 4.39 Å². The van der Waals surface area contributed by atoms with Crippen LogP contribution in [-0.2, 0) is 0 Å². The molecule has 2 aromatic carbocycles. The Bertz CT molecular complexity index is 1790. The monoisotopic (exact) mass is 518 g/mol. The Morgan fingerprint density at radius 1 is 0.897 bits per heavy atom. The van der Waals surface area contributed by atoms with E-state index in [4.69, 9.17) is 9.72 Å². The molecule has 4 aromatic heterocycles. The summed E-state index contributed by atoms with van der Waals surface area (Å²) in [6.07, 6.45) is 6.09. The first-order valence-electron chi connectivity index (χ1n) is 13.2. The number of benzene rings is 2. The predicted octanol–water partition coefficient (Wildman–Crippen LogP) is 6.45. The van der Waals surface area contributed by atoms with Crippen LogP contribution in [0.5, 0.6) is 5.75 Å². The second-order valence-electron chi connectivity index (χ2n) is 9.93. The Morgan fingerprint density at radius 3 is 2.69 bits per heavy atom. The summed E-state index contributed by atoms with van der Waals surface area (Å²) >= 11 is 0. The topological polar surface area (TPSA) is 82.7 Å². The second-order valence-corrected chi connectivity index (χ2v) is 9.93. The molecule has 0 bridgehead atoms. The van der Waals surface area contributed by atoms with Crippen LogP contribution in [0.2, 0.25) is 0 Å². The number of fused-ring (bicyclic) bond motifs is 2. The van der Waals surface area contributed by atoms with Crippen LogP contribution in [0.15, 0.2) is 79.1 Å². The number of likely N-dealkylation sites (tertiary alicyclic amines) is 1. The average Bonchev–Trinajstić information content (AvgIpc) is 3.72. The van der Waals surface area contributed by atoms with Gasteiger partial charge in [0.05, 0.1) is 23.1 Å². The SMILES string of the molecule is Fc1cccc(-c2cccc3[nH]c(-c4n[nH]c5ccc(-c6cncc(OCCN7CCCC7)c6)nc45)cc23)c1. The van der Waals surface area contributed by atoms with E-state index in [-0.39, 0.29) is 5.82 Å². The molecule has 7 rings (SSSR count). The zero-order valence-electron chi connectivity index (χ0n) is 21.3. The minimum Gasteiger partial charge on any atom is -0.491 e. The normalized spacial score (nSPS) is 14.0. The fourth-order valence-electron chi connectivity index (χ4n) is 5.37. The minimum absolute atomic E-state index is 0.258. The van der Waals surface area contributed by atoms with Crippen LogP contribution in [0.3, 0.4) is 0 Å². The highest BCUT2D eigenvalue weighted by Gasteiger charge is 2.16. The molecule has 6 aromatic rings. The molecule has 0 radical (unpaired) electrons. The highest BCUT2D eigenvalue weighted by atomic mass is 19.1. The van der Waals surface area contributed by atoms with Crippen molar-refractivity contribution in [2.45, 2.75) is 12.8 Å². The van der Waals surface area contributed by atoms with Crippen LogP contribution in [0, 0.1) is 5.82 Å². The van der Waals surface area contributed by atoms with Gasteiger partial charge >= 0.3 is 0 Å². The maximum absolute atomic E-state index is 13.9. The van der Waals surface area contributed by atoms with Crippen molar-refractivity contribution in [2.75, 3.05) is 26.2 Å². The molecule has 1 saturated heterocycles. The number of ether oxygens (including phenoxy) is 1. The number of hydrogen-bond donors (Lipinski definition) is 2. The quantitative estimate of drug-likeness (QED) is 0.254. The Morgan fingerprint density at radius 2 is 1.79 bits per heavy atom. The smallest absolute Gasteiger partial charge is 0.138 e. The number of hydrogen-bond acceptors (Lipinski definition) is 5. The molecular formula is C31H27FN6O. The van der Waals surface area contributed by atoms with E-state index >= 15 is 0 Å². The van der Waals surface area contributed by atoms with Crippen molar-refractivity contribution >= 4 is 21.9 Å². The van der Waals surface area contributed by atoms with Gasteiger partial charge in [0.1, 0.15) is 29.4 Å². The highest BCUT2D eigenvalue weighted by molar-refractivity contribution is 6.00. The number of aromatic amines is 2. The van der Waals surface area contributed by atoms with Gasteiger partial charge in [-0.05, 0) is 79.5 Å². The zero-order valence-corrected chi connectivity index (χ0v) is 21.3. The fraction of sp³-hybridized carbons (Fsp3) is 0.194. The molecule has 1 fully saturated rings. The molecule has 5 heterocycles. The lowest BCUT2D eigenvalue weighted by molar-refractivity contribution is 0.237. The van der Waals surface area contributed by atoms with Crippen molar-refractivity contribution in [2.24, 2.45) is 0 Å². The summed E-state index contributed by atoms with van der Waals surface area (Å²) in [6, 6.07) is 20.6. The lowest BCUT2D eigenvalue weighted by Crippen LogP contribution is -2.25. The standard InChI is InChI=1S/C31H27FN6O/c32-22-6-3-5-20(15-22)24-7-4-8-27-25(24)17-29(34-27)31-30-28(36-37-31)10-9-26(35-30)21-16-23(19-33-18-21)39-14-13-38-11-1-2-12-38/h3-10,15-19,34H,1-2,11-14H2,(H,36,37). The first kappa shape index (κ1) is 23.5. The molecule has 0 spiro atoms. The van der Waals surface area contributed by atoms with Gasteiger partial charge in [-0.3, -0.25) is 15.0 Å².